The molecule has 2 aromatic heterocycles. The zero-order chi connectivity index (χ0) is 10.4. The topological polar surface area (TPSA) is 38.9 Å². The molecular weight excluding hydrogens is 204 g/mol. The van der Waals surface area contributed by atoms with Gasteiger partial charge in [0.1, 0.15) is 9.71 Å². The first-order valence-corrected chi connectivity index (χ1v) is 5.77. The third-order valence-electron chi connectivity index (χ3n) is 2.74. The maximum Gasteiger partial charge on any atom is 0.126 e. The normalized spacial score (nSPS) is 15.4. The lowest BCUT2D eigenvalue weighted by Crippen LogP contribution is -1.87. The first-order chi connectivity index (χ1) is 7.29. The van der Waals surface area contributed by atoms with Crippen LogP contribution in [0.5, 0.6) is 0 Å². The Morgan fingerprint density at radius 1 is 1.47 bits per heavy atom. The minimum atomic E-state index is 0.673. The van der Waals surface area contributed by atoms with Crippen molar-refractivity contribution in [3.8, 4) is 12.3 Å². The van der Waals surface area contributed by atoms with Gasteiger partial charge in [0.2, 0.25) is 0 Å². The summed E-state index contributed by atoms with van der Waals surface area (Å²) in [6.07, 6.45) is 7.91. The number of rotatable bonds is 1. The predicted molar refractivity (Wildman–Crippen MR) is 63.9 cm³/mol. The van der Waals surface area contributed by atoms with Gasteiger partial charge in [-0.3, -0.25) is 0 Å². The molecule has 15 heavy (non-hydrogen) atoms. The van der Waals surface area contributed by atoms with Gasteiger partial charge >= 0.3 is 0 Å². The van der Waals surface area contributed by atoms with Crippen molar-refractivity contribution in [2.75, 3.05) is 5.73 Å². The van der Waals surface area contributed by atoms with E-state index in [-0.39, 0.29) is 0 Å². The minimum absolute atomic E-state index is 0.673. The summed E-state index contributed by atoms with van der Waals surface area (Å²) in [6, 6.07) is 4.12. The molecule has 74 valence electrons. The Morgan fingerprint density at radius 3 is 2.93 bits per heavy atom. The van der Waals surface area contributed by atoms with E-state index in [1.165, 1.54) is 29.9 Å². The molecule has 2 aromatic rings. The van der Waals surface area contributed by atoms with Crippen LogP contribution in [0.1, 0.15) is 29.3 Å². The third-order valence-corrected chi connectivity index (χ3v) is 3.79. The second-order valence-electron chi connectivity index (χ2n) is 3.85. The Hall–Kier alpha value is -1.53. The largest absolute Gasteiger partial charge is 0.396 e. The first kappa shape index (κ1) is 8.75. The van der Waals surface area contributed by atoms with Gasteiger partial charge in [0.25, 0.3) is 0 Å². The van der Waals surface area contributed by atoms with E-state index in [1.807, 2.05) is 6.07 Å². The average Bonchev–Trinajstić information content (AvgIpc) is 3.05. The fourth-order valence-corrected chi connectivity index (χ4v) is 2.64. The zero-order valence-electron chi connectivity index (χ0n) is 8.16. The Labute approximate surface area is 92.1 Å². The molecule has 0 bridgehead atoms. The van der Waals surface area contributed by atoms with Crippen LogP contribution >= 0.6 is 11.3 Å². The van der Waals surface area contributed by atoms with Gasteiger partial charge in [-0.15, -0.1) is 17.8 Å². The van der Waals surface area contributed by atoms with E-state index < -0.39 is 0 Å². The number of aromatic nitrogens is 1. The van der Waals surface area contributed by atoms with Crippen molar-refractivity contribution in [3.63, 3.8) is 0 Å². The molecule has 0 amide bonds. The molecule has 3 rings (SSSR count). The van der Waals surface area contributed by atoms with E-state index in [2.05, 4.69) is 17.0 Å². The molecule has 1 fully saturated rings. The van der Waals surface area contributed by atoms with E-state index in [9.17, 15) is 0 Å². The highest BCUT2D eigenvalue weighted by molar-refractivity contribution is 7.19. The van der Waals surface area contributed by atoms with Crippen molar-refractivity contribution >= 4 is 27.2 Å². The number of terminal acetylenes is 1. The number of fused-ring (bicyclic) bond motifs is 1. The van der Waals surface area contributed by atoms with Crippen molar-refractivity contribution < 1.29 is 0 Å². The molecule has 3 heteroatoms. The van der Waals surface area contributed by atoms with E-state index in [4.69, 9.17) is 12.2 Å². The quantitative estimate of drug-likeness (QED) is 0.741. The smallest absolute Gasteiger partial charge is 0.126 e. The van der Waals surface area contributed by atoms with Crippen molar-refractivity contribution in [1.29, 1.82) is 0 Å². The van der Waals surface area contributed by atoms with Gasteiger partial charge in [0, 0.05) is 17.0 Å². The summed E-state index contributed by atoms with van der Waals surface area (Å²) < 4.78 is 0. The number of pyridine rings is 1. The summed E-state index contributed by atoms with van der Waals surface area (Å²) in [5, 5.41) is 0.998. The van der Waals surface area contributed by atoms with Gasteiger partial charge in [0.15, 0.2) is 0 Å². The fraction of sp³-hybridized carbons (Fsp3) is 0.250. The van der Waals surface area contributed by atoms with Crippen LogP contribution in [-0.2, 0) is 0 Å². The monoisotopic (exact) mass is 214 g/mol. The van der Waals surface area contributed by atoms with Crippen molar-refractivity contribution in [3.05, 3.63) is 22.7 Å². The highest BCUT2D eigenvalue weighted by Gasteiger charge is 2.25. The van der Waals surface area contributed by atoms with Gasteiger partial charge in [-0.25, -0.2) is 4.98 Å². The molecule has 0 radical (unpaired) electrons. The summed E-state index contributed by atoms with van der Waals surface area (Å²) in [7, 11) is 0. The van der Waals surface area contributed by atoms with Crippen LogP contribution in [0.2, 0.25) is 0 Å². The second kappa shape index (κ2) is 2.98. The van der Waals surface area contributed by atoms with Gasteiger partial charge in [-0.2, -0.15) is 0 Å². The third kappa shape index (κ3) is 1.30. The predicted octanol–water partition coefficient (Wildman–Crippen LogP) is 2.74. The van der Waals surface area contributed by atoms with E-state index >= 15 is 0 Å². The van der Waals surface area contributed by atoms with E-state index in [0.717, 1.165) is 15.1 Å². The molecule has 2 N–H and O–H groups in total. The molecule has 1 aliphatic rings. The van der Waals surface area contributed by atoms with Crippen molar-refractivity contribution in [2.24, 2.45) is 0 Å². The number of hydrogen-bond acceptors (Lipinski definition) is 3. The maximum absolute atomic E-state index is 5.92. The standard InChI is InChI=1S/C12H10N2S/c1-2-10-11(13)8-5-6-9(7-3-4-7)14-12(8)15-10/h1,5-7H,3-4,13H2. The van der Waals surface area contributed by atoms with E-state index in [0.29, 0.717) is 11.6 Å². The molecule has 0 atom stereocenters. The summed E-state index contributed by atoms with van der Waals surface area (Å²) in [5.41, 5.74) is 7.81. The molecule has 0 aliphatic heterocycles. The van der Waals surface area contributed by atoms with Crippen LogP contribution in [-0.4, -0.2) is 4.98 Å². The molecular formula is C12H10N2S. The average molecular weight is 214 g/mol. The number of nitrogen functional groups attached to an aromatic ring is 1. The lowest BCUT2D eigenvalue weighted by atomic mass is 10.2. The van der Waals surface area contributed by atoms with Crippen LogP contribution in [0, 0.1) is 12.3 Å². The summed E-state index contributed by atoms with van der Waals surface area (Å²) in [6.45, 7) is 0. The summed E-state index contributed by atoms with van der Waals surface area (Å²) >= 11 is 1.51. The van der Waals surface area contributed by atoms with Gasteiger partial charge in [-0.05, 0) is 25.0 Å². The lowest BCUT2D eigenvalue weighted by Gasteiger charge is -1.96. The van der Waals surface area contributed by atoms with E-state index in [1.54, 1.807) is 0 Å². The van der Waals surface area contributed by atoms with Gasteiger partial charge < -0.3 is 5.73 Å². The Kier molecular flexibility index (Phi) is 1.74. The number of thiophene rings is 1. The van der Waals surface area contributed by atoms with Crippen LogP contribution in [0.15, 0.2) is 12.1 Å². The lowest BCUT2D eigenvalue weighted by molar-refractivity contribution is 1.05. The number of nitrogens with two attached hydrogens (primary N) is 1. The summed E-state index contributed by atoms with van der Waals surface area (Å²) in [4.78, 5) is 6.38. The highest BCUT2D eigenvalue weighted by atomic mass is 32.1. The molecule has 2 heterocycles. The van der Waals surface area contributed by atoms with Crippen molar-refractivity contribution in [2.45, 2.75) is 18.8 Å². The SMILES string of the molecule is C#Cc1sc2nc(C3CC3)ccc2c1N. The molecule has 0 saturated heterocycles. The number of hydrogen-bond donors (Lipinski definition) is 1. The Balaban J connectivity index is 2.23. The van der Waals surface area contributed by atoms with Crippen LogP contribution in [0.3, 0.4) is 0 Å². The highest BCUT2D eigenvalue weighted by Crippen LogP contribution is 2.41. The van der Waals surface area contributed by atoms with Crippen LogP contribution in [0.4, 0.5) is 5.69 Å². The van der Waals surface area contributed by atoms with Gasteiger partial charge in [-0.1, -0.05) is 5.92 Å². The zero-order valence-corrected chi connectivity index (χ0v) is 8.97. The summed E-state index contributed by atoms with van der Waals surface area (Å²) in [5.74, 6) is 3.28. The number of anilines is 1. The minimum Gasteiger partial charge on any atom is -0.396 e. The number of nitrogens with zero attached hydrogens (tertiary/aromatic N) is 1. The molecule has 0 spiro atoms. The Bertz CT molecular complexity index is 573. The Morgan fingerprint density at radius 2 is 2.27 bits per heavy atom. The van der Waals surface area contributed by atoms with Gasteiger partial charge in [0.05, 0.1) is 5.69 Å². The molecule has 0 unspecified atom stereocenters. The molecule has 1 saturated carbocycles. The fourth-order valence-electron chi connectivity index (χ4n) is 1.73. The molecule has 2 nitrogen and oxygen atoms in total. The van der Waals surface area contributed by atoms with Crippen LogP contribution in [0.25, 0.3) is 10.2 Å². The second-order valence-corrected chi connectivity index (χ2v) is 4.85. The maximum atomic E-state index is 5.92. The van der Waals surface area contributed by atoms with Crippen molar-refractivity contribution in [1.82, 2.24) is 4.98 Å². The first-order valence-electron chi connectivity index (χ1n) is 4.95. The molecule has 1 aliphatic carbocycles. The molecule has 0 aromatic carbocycles. The van der Waals surface area contributed by atoms with Crippen LogP contribution < -0.4 is 5.73 Å².